The fourth-order valence-electron chi connectivity index (χ4n) is 4.44. The molecule has 2 aromatic rings. The average Bonchev–Trinajstić information content (AvgIpc) is 3.17. The molecule has 0 spiro atoms. The Morgan fingerprint density at radius 1 is 1.21 bits per heavy atom. The Kier molecular flexibility index (Phi) is 5.05. The molecule has 2 unspecified atom stereocenters. The van der Waals surface area contributed by atoms with Crippen LogP contribution in [0.5, 0.6) is 0 Å². The number of aliphatic carboxylic acids is 1. The van der Waals surface area contributed by atoms with Gasteiger partial charge in [0, 0.05) is 24.6 Å². The fraction of sp³-hybridized carbons (Fsp3) is 0.292. The number of benzene rings is 2. The van der Waals surface area contributed by atoms with Crippen LogP contribution in [-0.2, 0) is 29.6 Å². The van der Waals surface area contributed by atoms with Gasteiger partial charge in [0.25, 0.3) is 0 Å². The Balaban J connectivity index is 1.62. The lowest BCUT2D eigenvalue weighted by molar-refractivity contribution is -0.138. The van der Waals surface area contributed by atoms with E-state index in [9.17, 15) is 4.79 Å². The predicted molar refractivity (Wildman–Crippen MR) is 115 cm³/mol. The summed E-state index contributed by atoms with van der Waals surface area (Å²) in [6.07, 6.45) is 9.59. The average molecular weight is 387 g/mol. The van der Waals surface area contributed by atoms with Gasteiger partial charge >= 0.3 is 5.97 Å². The Morgan fingerprint density at radius 2 is 2.00 bits per heavy atom. The minimum Gasteiger partial charge on any atom is -0.481 e. The van der Waals surface area contributed by atoms with Crippen molar-refractivity contribution in [2.24, 2.45) is 16.6 Å². The molecule has 2 atom stereocenters. The molecule has 0 fully saturated rings. The number of aryl methyl sites for hydroxylation is 1. The minimum atomic E-state index is -0.719. The van der Waals surface area contributed by atoms with E-state index in [0.717, 1.165) is 36.8 Å². The molecular weight excluding hydrogens is 362 g/mol. The van der Waals surface area contributed by atoms with Gasteiger partial charge in [-0.15, -0.1) is 0 Å². The van der Waals surface area contributed by atoms with Crippen molar-refractivity contribution in [3.8, 4) is 0 Å². The number of nitrogens with zero attached hydrogens (tertiary/aromatic N) is 1. The van der Waals surface area contributed by atoms with Crippen LogP contribution in [0.1, 0.15) is 40.7 Å². The van der Waals surface area contributed by atoms with Crippen molar-refractivity contribution >= 4 is 18.0 Å². The van der Waals surface area contributed by atoms with Crippen molar-refractivity contribution in [2.45, 2.75) is 37.6 Å². The number of carbonyl (C=O) groups is 1. The number of carboxylic acid groups (broad SMARTS) is 1. The van der Waals surface area contributed by atoms with Crippen molar-refractivity contribution in [3.63, 3.8) is 0 Å². The number of amidine groups is 1. The zero-order valence-corrected chi connectivity index (χ0v) is 16.3. The first kappa shape index (κ1) is 19.1. The maximum Gasteiger partial charge on any atom is 0.303 e. The summed E-state index contributed by atoms with van der Waals surface area (Å²) < 4.78 is 0. The third kappa shape index (κ3) is 3.99. The summed E-state index contributed by atoms with van der Waals surface area (Å²) in [5, 5.41) is 16.7. The molecule has 4 rings (SSSR count). The van der Waals surface area contributed by atoms with Crippen molar-refractivity contribution < 1.29 is 9.90 Å². The molecule has 29 heavy (non-hydrogen) atoms. The number of hydrogen-bond donors (Lipinski definition) is 3. The monoisotopic (exact) mass is 387 g/mol. The highest BCUT2D eigenvalue weighted by Gasteiger charge is 2.32. The maximum absolute atomic E-state index is 11.1. The summed E-state index contributed by atoms with van der Waals surface area (Å²) in [5.74, 6) is -0.452. The van der Waals surface area contributed by atoms with Crippen molar-refractivity contribution in [2.75, 3.05) is 0 Å². The summed E-state index contributed by atoms with van der Waals surface area (Å²) in [4.78, 5) is 15.9. The van der Waals surface area contributed by atoms with E-state index in [4.69, 9.17) is 21.2 Å². The molecule has 0 saturated carbocycles. The van der Waals surface area contributed by atoms with E-state index in [-0.39, 0.29) is 18.2 Å². The van der Waals surface area contributed by atoms with Crippen LogP contribution in [0.25, 0.3) is 0 Å². The largest absolute Gasteiger partial charge is 0.481 e. The van der Waals surface area contributed by atoms with Gasteiger partial charge in [-0.05, 0) is 53.5 Å². The van der Waals surface area contributed by atoms with E-state index in [1.165, 1.54) is 11.1 Å². The van der Waals surface area contributed by atoms with E-state index in [2.05, 4.69) is 24.3 Å². The van der Waals surface area contributed by atoms with Crippen molar-refractivity contribution in [1.82, 2.24) is 0 Å². The molecule has 5 nitrogen and oxygen atoms in total. The highest BCUT2D eigenvalue weighted by Crippen LogP contribution is 2.37. The molecule has 5 heteroatoms. The number of hydrogen-bond acceptors (Lipinski definition) is 3. The first-order valence-electron chi connectivity index (χ1n) is 9.96. The van der Waals surface area contributed by atoms with E-state index >= 15 is 0 Å². The van der Waals surface area contributed by atoms with Gasteiger partial charge in [0.2, 0.25) is 0 Å². The standard InChI is InChI=1S/C24H25N3O2/c25-23(26)19-6-2-16(3-7-19)15-24(10-1-11-27-24)21-9-8-18-5-4-17(13-22(28)29)12-20(18)14-21/h1-3,6-11,14,17H,4-5,12-13,15H2,(H3,25,26)(H,28,29). The molecular formula is C24H25N3O2. The molecule has 0 aromatic heterocycles. The lowest BCUT2D eigenvalue weighted by Gasteiger charge is -2.29. The van der Waals surface area contributed by atoms with Crippen LogP contribution in [-0.4, -0.2) is 23.1 Å². The van der Waals surface area contributed by atoms with Gasteiger partial charge in [-0.1, -0.05) is 48.5 Å². The van der Waals surface area contributed by atoms with Gasteiger partial charge in [0.05, 0.1) is 0 Å². The van der Waals surface area contributed by atoms with Crippen LogP contribution in [0, 0.1) is 11.3 Å². The van der Waals surface area contributed by atoms with Gasteiger partial charge in [0.15, 0.2) is 0 Å². The zero-order valence-electron chi connectivity index (χ0n) is 16.3. The number of nitrogens with one attached hydrogen (secondary N) is 1. The Morgan fingerprint density at radius 3 is 2.66 bits per heavy atom. The minimum absolute atomic E-state index is 0.0654. The fourth-order valence-corrected chi connectivity index (χ4v) is 4.44. The summed E-state index contributed by atoms with van der Waals surface area (Å²) in [6.45, 7) is 0. The van der Waals surface area contributed by atoms with Crippen molar-refractivity contribution in [1.29, 1.82) is 5.41 Å². The van der Waals surface area contributed by atoms with Crippen LogP contribution < -0.4 is 5.73 Å². The first-order valence-corrected chi connectivity index (χ1v) is 9.96. The predicted octanol–water partition coefficient (Wildman–Crippen LogP) is 3.63. The molecule has 148 valence electrons. The van der Waals surface area contributed by atoms with Gasteiger partial charge in [-0.2, -0.15) is 0 Å². The summed E-state index contributed by atoms with van der Waals surface area (Å²) in [5.41, 5.74) is 10.7. The first-order chi connectivity index (χ1) is 13.9. The smallest absolute Gasteiger partial charge is 0.303 e. The van der Waals surface area contributed by atoms with E-state index < -0.39 is 11.5 Å². The molecule has 0 saturated heterocycles. The Labute approximate surface area is 170 Å². The maximum atomic E-state index is 11.1. The second kappa shape index (κ2) is 7.66. The number of nitrogens with two attached hydrogens (primary N) is 1. The molecule has 1 aliphatic carbocycles. The van der Waals surface area contributed by atoms with Crippen LogP contribution in [0.3, 0.4) is 0 Å². The molecule has 2 aromatic carbocycles. The third-order valence-electron chi connectivity index (χ3n) is 6.00. The highest BCUT2D eigenvalue weighted by atomic mass is 16.4. The second-order valence-corrected chi connectivity index (χ2v) is 8.04. The second-order valence-electron chi connectivity index (χ2n) is 8.04. The van der Waals surface area contributed by atoms with Crippen LogP contribution in [0.4, 0.5) is 0 Å². The third-order valence-corrected chi connectivity index (χ3v) is 6.00. The lowest BCUT2D eigenvalue weighted by atomic mass is 9.78. The molecule has 4 N–H and O–H groups in total. The zero-order chi connectivity index (χ0) is 20.4. The normalized spacial score (nSPS) is 22.4. The summed E-state index contributed by atoms with van der Waals surface area (Å²) in [7, 11) is 0. The molecule has 0 amide bonds. The van der Waals surface area contributed by atoms with E-state index in [1.807, 2.05) is 36.6 Å². The van der Waals surface area contributed by atoms with E-state index in [1.54, 1.807) is 0 Å². The van der Waals surface area contributed by atoms with Crippen LogP contribution in [0.2, 0.25) is 0 Å². The van der Waals surface area contributed by atoms with E-state index in [0.29, 0.717) is 5.56 Å². The molecule has 2 aliphatic rings. The Hall–Kier alpha value is -3.21. The number of allylic oxidation sites excluding steroid dienone is 1. The highest BCUT2D eigenvalue weighted by molar-refractivity contribution is 5.94. The summed E-state index contributed by atoms with van der Waals surface area (Å²) in [6, 6.07) is 14.3. The van der Waals surface area contributed by atoms with Gasteiger partial charge in [0.1, 0.15) is 11.4 Å². The Bertz CT molecular complexity index is 993. The van der Waals surface area contributed by atoms with Gasteiger partial charge in [-0.25, -0.2) is 0 Å². The number of aliphatic imine (C=N–C) groups is 1. The number of nitrogen functional groups attached to an aromatic ring is 1. The van der Waals surface area contributed by atoms with Crippen LogP contribution >= 0.6 is 0 Å². The molecule has 0 radical (unpaired) electrons. The van der Waals surface area contributed by atoms with Gasteiger partial charge < -0.3 is 10.8 Å². The molecule has 0 bridgehead atoms. The number of carboxylic acids is 1. The summed E-state index contributed by atoms with van der Waals surface area (Å²) >= 11 is 0. The quantitative estimate of drug-likeness (QED) is 0.521. The number of fused-ring (bicyclic) bond motifs is 1. The topological polar surface area (TPSA) is 99.5 Å². The lowest BCUT2D eigenvalue weighted by Crippen LogP contribution is -2.24. The molecule has 1 heterocycles. The van der Waals surface area contributed by atoms with Crippen LogP contribution in [0.15, 0.2) is 59.6 Å². The molecule has 1 aliphatic heterocycles. The SMILES string of the molecule is N=C(N)c1ccc(CC2(c3ccc4c(c3)CC(CC(=O)O)CC4)C=CC=N2)cc1. The number of rotatable bonds is 6. The van der Waals surface area contributed by atoms with Crippen molar-refractivity contribution in [3.05, 3.63) is 82.4 Å². The van der Waals surface area contributed by atoms with Gasteiger partial charge in [-0.3, -0.25) is 15.2 Å².